The monoisotopic (exact) mass is 527 g/mol. The summed E-state index contributed by atoms with van der Waals surface area (Å²) in [6, 6.07) is 18.8. The number of anilines is 1. The number of carbonyl (C=O) groups excluding carboxylic acids is 2. The molecule has 0 bridgehead atoms. The lowest BCUT2D eigenvalue weighted by Gasteiger charge is -2.12. The van der Waals surface area contributed by atoms with E-state index in [1.807, 2.05) is 6.07 Å². The first-order chi connectivity index (χ1) is 17.4. The van der Waals surface area contributed by atoms with Crippen molar-refractivity contribution in [3.63, 3.8) is 0 Å². The molecule has 188 valence electrons. The zero-order valence-corrected chi connectivity index (χ0v) is 21.1. The Kier molecular flexibility index (Phi) is 10.3. The molecule has 0 saturated carbocycles. The fourth-order valence-electron chi connectivity index (χ4n) is 3.09. The van der Waals surface area contributed by atoms with Crippen LogP contribution in [0.25, 0.3) is 0 Å². The summed E-state index contributed by atoms with van der Waals surface area (Å²) >= 11 is 7.55. The fraction of sp³-hybridized carbons (Fsp3) is 0.192. The third-order valence-electron chi connectivity index (χ3n) is 4.95. The molecule has 3 aromatic carbocycles. The van der Waals surface area contributed by atoms with E-state index in [4.69, 9.17) is 21.4 Å². The molecule has 0 saturated heterocycles. The minimum atomic E-state index is -0.781. The summed E-state index contributed by atoms with van der Waals surface area (Å²) in [4.78, 5) is 25.7. The van der Waals surface area contributed by atoms with Gasteiger partial charge >= 0.3 is 0 Å². The first-order valence-electron chi connectivity index (χ1n) is 10.9. The second kappa shape index (κ2) is 13.6. The van der Waals surface area contributed by atoms with Gasteiger partial charge in [0.1, 0.15) is 5.75 Å². The number of aliphatic hydroxyl groups is 2. The summed E-state index contributed by atoms with van der Waals surface area (Å²) in [6.45, 7) is -0.292. The normalized spacial score (nSPS) is 11.8. The largest absolute Gasteiger partial charge is 0.497 e. The van der Waals surface area contributed by atoms with Crippen LogP contribution < -0.4 is 15.5 Å². The zero-order valence-electron chi connectivity index (χ0n) is 19.5. The van der Waals surface area contributed by atoms with Crippen molar-refractivity contribution in [1.29, 1.82) is 0 Å². The van der Waals surface area contributed by atoms with Crippen LogP contribution in [0, 0.1) is 0 Å². The Morgan fingerprint density at radius 3 is 2.61 bits per heavy atom. The Hall–Kier alpha value is -3.37. The molecule has 0 aromatic heterocycles. The summed E-state index contributed by atoms with van der Waals surface area (Å²) in [5.41, 5.74) is 4.96. The lowest BCUT2D eigenvalue weighted by atomic mass is 10.1. The van der Waals surface area contributed by atoms with Crippen LogP contribution >= 0.6 is 23.4 Å². The third-order valence-corrected chi connectivity index (χ3v) is 6.34. The van der Waals surface area contributed by atoms with Crippen molar-refractivity contribution >= 4 is 47.1 Å². The molecule has 3 rings (SSSR count). The first kappa shape index (κ1) is 27.2. The second-order valence-corrected chi connectivity index (χ2v) is 9.13. The number of ether oxygens (including phenoxy) is 1. The van der Waals surface area contributed by atoms with E-state index >= 15 is 0 Å². The lowest BCUT2D eigenvalue weighted by molar-refractivity contribution is 0.0956. The molecular weight excluding hydrogens is 502 g/mol. The summed E-state index contributed by atoms with van der Waals surface area (Å²) in [5, 5.41) is 25.5. The fourth-order valence-corrected chi connectivity index (χ4v) is 4.17. The molecule has 2 amide bonds. The summed E-state index contributed by atoms with van der Waals surface area (Å²) < 4.78 is 5.11. The van der Waals surface area contributed by atoms with Crippen molar-refractivity contribution in [2.45, 2.75) is 11.9 Å². The van der Waals surface area contributed by atoms with Gasteiger partial charge in [0.2, 0.25) is 0 Å². The van der Waals surface area contributed by atoms with Gasteiger partial charge in [-0.25, -0.2) is 5.43 Å². The van der Waals surface area contributed by atoms with Crippen LogP contribution in [-0.2, 0) is 5.75 Å². The standard InChI is InChI=1S/C26H26ClN3O5S/c1-35-22-8-5-17(6-9-22)13-28-30-26(34)23-12-20(27)7-10-24(23)29-25(33)19-4-2-3-18(11-19)15-36-16-21(32)14-31/h2-13,21,31-32H,14-16H2,1H3,(H,29,33)(H,30,34)/b28-13+. The maximum atomic E-state index is 12.9. The molecule has 0 fully saturated rings. The molecule has 0 radical (unpaired) electrons. The number of hydrazone groups is 1. The van der Waals surface area contributed by atoms with Crippen molar-refractivity contribution in [3.8, 4) is 5.75 Å². The highest BCUT2D eigenvalue weighted by atomic mass is 35.5. The van der Waals surface area contributed by atoms with Gasteiger partial charge in [0.25, 0.3) is 11.8 Å². The number of aliphatic hydroxyl groups excluding tert-OH is 2. The van der Waals surface area contributed by atoms with Crippen LogP contribution in [0.15, 0.2) is 71.8 Å². The number of nitrogens with zero attached hydrogens (tertiary/aromatic N) is 1. The van der Waals surface area contributed by atoms with E-state index in [-0.39, 0.29) is 17.9 Å². The summed E-state index contributed by atoms with van der Waals surface area (Å²) in [6.07, 6.45) is 0.708. The Bertz CT molecular complexity index is 1220. The van der Waals surface area contributed by atoms with E-state index in [2.05, 4.69) is 15.8 Å². The lowest BCUT2D eigenvalue weighted by Crippen LogP contribution is -2.21. The predicted octanol–water partition coefficient (Wildman–Crippen LogP) is 3.95. The van der Waals surface area contributed by atoms with E-state index in [1.165, 1.54) is 24.0 Å². The highest BCUT2D eigenvalue weighted by molar-refractivity contribution is 7.98. The molecule has 3 aromatic rings. The molecule has 0 aliphatic heterocycles. The molecule has 10 heteroatoms. The number of thioether (sulfide) groups is 1. The van der Waals surface area contributed by atoms with Crippen molar-refractivity contribution in [1.82, 2.24) is 5.43 Å². The Morgan fingerprint density at radius 1 is 1.11 bits per heavy atom. The summed E-state index contributed by atoms with van der Waals surface area (Å²) in [7, 11) is 1.58. The number of hydrogen-bond donors (Lipinski definition) is 4. The van der Waals surface area contributed by atoms with Crippen molar-refractivity contribution < 1.29 is 24.5 Å². The van der Waals surface area contributed by atoms with Gasteiger partial charge in [-0.3, -0.25) is 9.59 Å². The van der Waals surface area contributed by atoms with Crippen molar-refractivity contribution in [2.75, 3.05) is 24.8 Å². The zero-order chi connectivity index (χ0) is 25.9. The van der Waals surface area contributed by atoms with Crippen molar-refractivity contribution in [3.05, 3.63) is 94.0 Å². The van der Waals surface area contributed by atoms with Gasteiger partial charge in [0.15, 0.2) is 0 Å². The minimum absolute atomic E-state index is 0.160. The van der Waals surface area contributed by atoms with Gasteiger partial charge in [0.05, 0.1) is 37.3 Å². The Morgan fingerprint density at radius 2 is 1.89 bits per heavy atom. The summed E-state index contributed by atoms with van der Waals surface area (Å²) in [5.74, 6) is 0.733. The molecule has 8 nitrogen and oxygen atoms in total. The quantitative estimate of drug-likeness (QED) is 0.221. The van der Waals surface area contributed by atoms with E-state index in [9.17, 15) is 14.7 Å². The first-order valence-corrected chi connectivity index (χ1v) is 12.5. The van der Waals surface area contributed by atoms with Gasteiger partial charge in [-0.2, -0.15) is 16.9 Å². The van der Waals surface area contributed by atoms with Crippen LogP contribution in [-0.4, -0.2) is 53.8 Å². The third kappa shape index (κ3) is 8.10. The van der Waals surface area contributed by atoms with Crippen LogP contribution in [0.4, 0.5) is 5.69 Å². The molecule has 0 spiro atoms. The molecule has 4 N–H and O–H groups in total. The SMILES string of the molecule is COc1ccc(/C=N/NC(=O)c2cc(Cl)ccc2NC(=O)c2cccc(CSCC(O)CO)c2)cc1. The minimum Gasteiger partial charge on any atom is -0.497 e. The smallest absolute Gasteiger partial charge is 0.273 e. The van der Waals surface area contributed by atoms with Crippen LogP contribution in [0.3, 0.4) is 0 Å². The molecule has 36 heavy (non-hydrogen) atoms. The number of methoxy groups -OCH3 is 1. The number of hydrogen-bond acceptors (Lipinski definition) is 7. The van der Waals surface area contributed by atoms with Crippen LogP contribution in [0.1, 0.15) is 31.8 Å². The molecule has 0 heterocycles. The molecule has 1 unspecified atom stereocenters. The molecule has 0 aliphatic carbocycles. The number of halogens is 1. The predicted molar refractivity (Wildman–Crippen MR) is 143 cm³/mol. The van der Waals surface area contributed by atoms with Crippen LogP contribution in [0.5, 0.6) is 5.75 Å². The van der Waals surface area contributed by atoms with Gasteiger partial charge in [-0.05, 0) is 65.7 Å². The van der Waals surface area contributed by atoms with E-state index in [1.54, 1.807) is 61.7 Å². The average Bonchev–Trinajstić information content (AvgIpc) is 2.90. The molecule has 0 aliphatic rings. The number of benzene rings is 3. The Labute approximate surface area is 218 Å². The highest BCUT2D eigenvalue weighted by Crippen LogP contribution is 2.22. The second-order valence-electron chi connectivity index (χ2n) is 7.67. The maximum absolute atomic E-state index is 12.9. The van der Waals surface area contributed by atoms with Crippen molar-refractivity contribution in [2.24, 2.45) is 5.10 Å². The van der Waals surface area contributed by atoms with Gasteiger partial charge in [-0.1, -0.05) is 23.7 Å². The van der Waals surface area contributed by atoms with Gasteiger partial charge < -0.3 is 20.3 Å². The van der Waals surface area contributed by atoms with Gasteiger partial charge in [-0.15, -0.1) is 0 Å². The van der Waals surface area contributed by atoms with E-state index in [0.29, 0.717) is 27.8 Å². The van der Waals surface area contributed by atoms with Crippen LogP contribution in [0.2, 0.25) is 5.02 Å². The highest BCUT2D eigenvalue weighted by Gasteiger charge is 2.15. The number of nitrogens with one attached hydrogen (secondary N) is 2. The average molecular weight is 528 g/mol. The Balaban J connectivity index is 1.67. The topological polar surface area (TPSA) is 120 Å². The number of carbonyl (C=O) groups is 2. The maximum Gasteiger partial charge on any atom is 0.273 e. The number of rotatable bonds is 11. The molecular formula is C26H26ClN3O5S. The van der Waals surface area contributed by atoms with Gasteiger partial charge in [0, 0.05) is 22.1 Å². The van der Waals surface area contributed by atoms with E-state index < -0.39 is 17.9 Å². The molecule has 1 atom stereocenters. The van der Waals surface area contributed by atoms with E-state index in [0.717, 1.165) is 11.1 Å². The number of amides is 2.